The van der Waals surface area contributed by atoms with Gasteiger partial charge in [-0.3, -0.25) is 0 Å². The molecule has 1 aromatic heterocycles. The van der Waals surface area contributed by atoms with Crippen LogP contribution in [0.1, 0.15) is 18.2 Å². The first-order chi connectivity index (χ1) is 5.15. The lowest BCUT2D eigenvalue weighted by molar-refractivity contribution is 0.608. The summed E-state index contributed by atoms with van der Waals surface area (Å²) in [7, 11) is 0. The fraction of sp³-hybridized carbons (Fsp3) is 0.375. The van der Waals surface area contributed by atoms with Crippen molar-refractivity contribution in [2.75, 3.05) is 0 Å². The Morgan fingerprint density at radius 2 is 2.27 bits per heavy atom. The highest BCUT2D eigenvalue weighted by atomic mass is 79.9. The molecule has 0 N–H and O–H groups in total. The largest absolute Gasteiger partial charge is 0.243 e. The van der Waals surface area contributed by atoms with Crippen molar-refractivity contribution in [1.82, 2.24) is 4.98 Å². The Morgan fingerprint density at radius 1 is 1.64 bits per heavy atom. The first-order valence-corrected chi connectivity index (χ1v) is 4.26. The van der Waals surface area contributed by atoms with Crippen molar-refractivity contribution in [2.24, 2.45) is 0 Å². The summed E-state index contributed by atoms with van der Waals surface area (Å²) in [4.78, 5) is 4.03. The van der Waals surface area contributed by atoms with Crippen molar-refractivity contribution in [3.05, 3.63) is 27.7 Å². The number of nitrogens with zero attached hydrogens (tertiary/aromatic N) is 1. The van der Waals surface area contributed by atoms with Crippen LogP contribution in [0.5, 0.6) is 0 Å². The highest BCUT2D eigenvalue weighted by Crippen LogP contribution is 2.16. The van der Waals surface area contributed by atoms with Gasteiger partial charge in [0.15, 0.2) is 5.82 Å². The Kier molecular flexibility index (Phi) is 2.60. The molecule has 0 aliphatic carbocycles. The van der Waals surface area contributed by atoms with E-state index in [1.165, 1.54) is 6.07 Å². The van der Waals surface area contributed by atoms with E-state index in [0.29, 0.717) is 4.60 Å². The lowest BCUT2D eigenvalue weighted by Crippen LogP contribution is -1.94. The SMILES string of the molecule is CCc1nc(Br)c(F)cc1C. The molecule has 1 aromatic rings. The molecule has 0 spiro atoms. The summed E-state index contributed by atoms with van der Waals surface area (Å²) in [6, 6.07) is 1.50. The second kappa shape index (κ2) is 3.30. The zero-order chi connectivity index (χ0) is 8.43. The number of halogens is 2. The van der Waals surface area contributed by atoms with Crippen molar-refractivity contribution < 1.29 is 4.39 Å². The quantitative estimate of drug-likeness (QED) is 0.660. The van der Waals surface area contributed by atoms with E-state index in [1.807, 2.05) is 13.8 Å². The number of rotatable bonds is 1. The molecule has 0 aliphatic heterocycles. The van der Waals surface area contributed by atoms with Gasteiger partial charge in [-0.05, 0) is 40.9 Å². The highest BCUT2D eigenvalue weighted by Gasteiger charge is 2.04. The predicted octanol–water partition coefficient (Wildman–Crippen LogP) is 2.85. The standard InChI is InChI=1S/C8H9BrFN/c1-3-7-5(2)4-6(10)8(9)11-7/h4H,3H2,1-2H3. The first kappa shape index (κ1) is 8.65. The molecule has 0 unspecified atom stereocenters. The first-order valence-electron chi connectivity index (χ1n) is 3.46. The minimum Gasteiger partial charge on any atom is -0.243 e. The molecule has 1 heterocycles. The minimum absolute atomic E-state index is 0.292. The van der Waals surface area contributed by atoms with E-state index in [-0.39, 0.29) is 5.82 Å². The van der Waals surface area contributed by atoms with Gasteiger partial charge in [-0.1, -0.05) is 6.92 Å². The number of aromatic nitrogens is 1. The topological polar surface area (TPSA) is 12.9 Å². The third-order valence-corrected chi connectivity index (χ3v) is 2.12. The summed E-state index contributed by atoms with van der Waals surface area (Å²) < 4.78 is 13.1. The molecule has 3 heteroatoms. The fourth-order valence-electron chi connectivity index (χ4n) is 0.951. The van der Waals surface area contributed by atoms with E-state index >= 15 is 0 Å². The van der Waals surface area contributed by atoms with Crippen molar-refractivity contribution >= 4 is 15.9 Å². The molecule has 0 atom stereocenters. The summed E-state index contributed by atoms with van der Waals surface area (Å²) in [6.07, 6.45) is 0.838. The Labute approximate surface area is 73.8 Å². The third-order valence-electron chi connectivity index (χ3n) is 1.56. The Balaban J connectivity index is 3.21. The number of hydrogen-bond acceptors (Lipinski definition) is 1. The molecule has 60 valence electrons. The van der Waals surface area contributed by atoms with Crippen LogP contribution in [-0.2, 0) is 6.42 Å². The fourth-order valence-corrected chi connectivity index (χ4v) is 1.28. The smallest absolute Gasteiger partial charge is 0.156 e. The predicted molar refractivity (Wildman–Crippen MR) is 46.0 cm³/mol. The maximum atomic E-state index is 12.8. The van der Waals surface area contributed by atoms with Crippen molar-refractivity contribution in [3.8, 4) is 0 Å². The van der Waals surface area contributed by atoms with Gasteiger partial charge in [0, 0.05) is 5.69 Å². The minimum atomic E-state index is -0.292. The van der Waals surface area contributed by atoms with E-state index in [0.717, 1.165) is 17.7 Å². The summed E-state index contributed by atoms with van der Waals surface area (Å²) in [5, 5.41) is 0. The van der Waals surface area contributed by atoms with Crippen LogP contribution in [-0.4, -0.2) is 4.98 Å². The van der Waals surface area contributed by atoms with Crippen LogP contribution in [0, 0.1) is 12.7 Å². The summed E-state index contributed by atoms with van der Waals surface area (Å²) in [6.45, 7) is 3.86. The molecular formula is C8H9BrFN. The van der Waals surface area contributed by atoms with Gasteiger partial charge in [-0.2, -0.15) is 0 Å². The van der Waals surface area contributed by atoms with Crippen LogP contribution in [0.3, 0.4) is 0 Å². The summed E-state index contributed by atoms with van der Waals surface area (Å²) >= 11 is 3.03. The lowest BCUT2D eigenvalue weighted by Gasteiger charge is -2.02. The van der Waals surface area contributed by atoms with Crippen LogP contribution in [0.15, 0.2) is 10.7 Å². The summed E-state index contributed by atoms with van der Waals surface area (Å²) in [5.74, 6) is -0.292. The van der Waals surface area contributed by atoms with Crippen LogP contribution in [0.4, 0.5) is 4.39 Å². The van der Waals surface area contributed by atoms with Crippen LogP contribution in [0.25, 0.3) is 0 Å². The Hall–Kier alpha value is -0.440. The lowest BCUT2D eigenvalue weighted by atomic mass is 10.2. The van der Waals surface area contributed by atoms with Gasteiger partial charge in [0.2, 0.25) is 0 Å². The molecule has 1 nitrogen and oxygen atoms in total. The molecule has 0 aromatic carbocycles. The molecule has 0 radical (unpaired) electrons. The van der Waals surface area contributed by atoms with Crippen LogP contribution < -0.4 is 0 Å². The molecule has 11 heavy (non-hydrogen) atoms. The van der Waals surface area contributed by atoms with Gasteiger partial charge >= 0.3 is 0 Å². The maximum Gasteiger partial charge on any atom is 0.156 e. The van der Waals surface area contributed by atoms with E-state index in [9.17, 15) is 4.39 Å². The maximum absolute atomic E-state index is 12.8. The zero-order valence-electron chi connectivity index (χ0n) is 6.49. The number of pyridine rings is 1. The average Bonchev–Trinajstić information content (AvgIpc) is 1.97. The van der Waals surface area contributed by atoms with Gasteiger partial charge in [-0.25, -0.2) is 9.37 Å². The highest BCUT2D eigenvalue weighted by molar-refractivity contribution is 9.10. The molecule has 0 bridgehead atoms. The van der Waals surface area contributed by atoms with Crippen molar-refractivity contribution in [3.63, 3.8) is 0 Å². The molecule has 1 rings (SSSR count). The molecular weight excluding hydrogens is 209 g/mol. The van der Waals surface area contributed by atoms with Gasteiger partial charge in [-0.15, -0.1) is 0 Å². The monoisotopic (exact) mass is 217 g/mol. The van der Waals surface area contributed by atoms with Crippen molar-refractivity contribution in [2.45, 2.75) is 20.3 Å². The van der Waals surface area contributed by atoms with E-state index in [1.54, 1.807) is 0 Å². The molecule has 0 amide bonds. The number of hydrogen-bond donors (Lipinski definition) is 0. The average molecular weight is 218 g/mol. The summed E-state index contributed by atoms with van der Waals surface area (Å²) in [5.41, 5.74) is 1.85. The molecule has 0 fully saturated rings. The van der Waals surface area contributed by atoms with Gasteiger partial charge in [0.25, 0.3) is 0 Å². The van der Waals surface area contributed by atoms with Gasteiger partial charge in [0.1, 0.15) is 4.60 Å². The second-order valence-corrected chi connectivity index (χ2v) is 3.13. The Morgan fingerprint density at radius 3 is 2.82 bits per heavy atom. The molecule has 0 saturated heterocycles. The molecule has 0 aliphatic rings. The molecule has 0 saturated carbocycles. The van der Waals surface area contributed by atoms with E-state index < -0.39 is 0 Å². The normalized spacial score (nSPS) is 10.2. The van der Waals surface area contributed by atoms with E-state index in [4.69, 9.17) is 0 Å². The van der Waals surface area contributed by atoms with Gasteiger partial charge in [0.05, 0.1) is 0 Å². The van der Waals surface area contributed by atoms with Gasteiger partial charge < -0.3 is 0 Å². The van der Waals surface area contributed by atoms with Crippen LogP contribution in [0.2, 0.25) is 0 Å². The third kappa shape index (κ3) is 1.77. The number of aryl methyl sites for hydroxylation is 2. The zero-order valence-corrected chi connectivity index (χ0v) is 8.07. The van der Waals surface area contributed by atoms with E-state index in [2.05, 4.69) is 20.9 Å². The second-order valence-electron chi connectivity index (χ2n) is 2.38. The van der Waals surface area contributed by atoms with Crippen molar-refractivity contribution in [1.29, 1.82) is 0 Å². The Bertz CT molecular complexity index is 273. The van der Waals surface area contributed by atoms with Crippen LogP contribution >= 0.6 is 15.9 Å².